The molecule has 3 saturated carbocycles. The number of H-pyrrole nitrogens is 1. The molecule has 4 aromatic heterocycles. The molecule has 13 heteroatoms. The number of hydrogen-bond donors (Lipinski definition) is 2. The van der Waals surface area contributed by atoms with E-state index in [-0.39, 0.29) is 29.2 Å². The van der Waals surface area contributed by atoms with Crippen molar-refractivity contribution in [2.75, 3.05) is 0 Å². The van der Waals surface area contributed by atoms with Crippen molar-refractivity contribution < 1.29 is 23.5 Å². The Morgan fingerprint density at radius 2 is 1.83 bits per heavy atom. The quantitative estimate of drug-likeness (QED) is 0.236. The third-order valence-electron chi connectivity index (χ3n) is 8.45. The average molecular weight is 584 g/mol. The number of aromatic nitrogens is 6. The number of nitrogens with one attached hydrogen (secondary N) is 1. The summed E-state index contributed by atoms with van der Waals surface area (Å²) < 4.78 is 28.0. The maximum Gasteiger partial charge on any atom is 0.326 e. The molecule has 1 unspecified atom stereocenters. The van der Waals surface area contributed by atoms with Gasteiger partial charge in [-0.25, -0.2) is 19.3 Å². The van der Waals surface area contributed by atoms with E-state index in [0.29, 0.717) is 33.2 Å². The van der Waals surface area contributed by atoms with Gasteiger partial charge in [0.05, 0.1) is 27.8 Å². The molecule has 3 aliphatic rings. The first-order valence-corrected chi connectivity index (χ1v) is 14.2. The van der Waals surface area contributed by atoms with Crippen molar-refractivity contribution in [2.45, 2.75) is 64.8 Å². The summed E-state index contributed by atoms with van der Waals surface area (Å²) in [6.45, 7) is 5.11. The fourth-order valence-corrected chi connectivity index (χ4v) is 6.47. The van der Waals surface area contributed by atoms with Gasteiger partial charge in [0.2, 0.25) is 6.29 Å². The Hall–Kier alpha value is -3.64. The fourth-order valence-electron chi connectivity index (χ4n) is 6.31. The first kappa shape index (κ1) is 27.5. The lowest BCUT2D eigenvalue weighted by atomic mass is 9.61. The maximum absolute atomic E-state index is 15.3. The Labute approximate surface area is 240 Å². The molecule has 216 valence electrons. The average Bonchev–Trinajstić information content (AvgIpc) is 3.52. The Morgan fingerprint density at radius 3 is 2.56 bits per heavy atom. The predicted octanol–water partition coefficient (Wildman–Crippen LogP) is 4.56. The number of halogens is 2. The van der Waals surface area contributed by atoms with Crippen LogP contribution in [0.25, 0.3) is 33.6 Å². The highest BCUT2D eigenvalue weighted by atomic mass is 35.5. The van der Waals surface area contributed by atoms with Crippen molar-refractivity contribution in [3.8, 4) is 11.5 Å². The summed E-state index contributed by atoms with van der Waals surface area (Å²) in [6, 6.07) is 0.501. The zero-order valence-corrected chi connectivity index (χ0v) is 23.6. The highest BCUT2D eigenvalue weighted by Gasteiger charge is 2.50. The Bertz CT molecular complexity index is 1630. The van der Waals surface area contributed by atoms with Crippen LogP contribution in [0.5, 0.6) is 0 Å². The largest absolute Gasteiger partial charge is 0.425 e. The monoisotopic (exact) mass is 583 g/mol. The SMILES string of the molecule is CC(OC(=O)[C@@H](N)C(C)C)OC(=O)[C@H]1C2CCC(CC2)[C@@H]1n1cc(F)c2cnc(-c3[nH]nc4ncc(Cl)cc34)nc21. The molecule has 4 aromatic rings. The molecule has 3 aliphatic carbocycles. The fraction of sp³-hybridized carbons (Fsp3) is 0.500. The second-order valence-electron chi connectivity index (χ2n) is 11.3. The van der Waals surface area contributed by atoms with Gasteiger partial charge in [0.15, 0.2) is 17.3 Å². The third kappa shape index (κ3) is 4.93. The van der Waals surface area contributed by atoms with E-state index in [2.05, 4.69) is 20.2 Å². The Kier molecular flexibility index (Phi) is 7.14. The summed E-state index contributed by atoms with van der Waals surface area (Å²) in [5, 5.41) is 8.43. The van der Waals surface area contributed by atoms with E-state index < -0.39 is 36.0 Å². The number of fused-ring (bicyclic) bond motifs is 5. The lowest BCUT2D eigenvalue weighted by Gasteiger charge is -2.48. The van der Waals surface area contributed by atoms with Crippen LogP contribution in [0.1, 0.15) is 52.5 Å². The minimum atomic E-state index is -1.11. The molecule has 0 aliphatic heterocycles. The number of nitrogens with zero attached hydrogens (tertiary/aromatic N) is 5. The molecule has 0 aromatic carbocycles. The molecule has 7 rings (SSSR count). The number of esters is 2. The minimum absolute atomic E-state index is 0.0462. The third-order valence-corrected chi connectivity index (χ3v) is 8.65. The molecular weight excluding hydrogens is 553 g/mol. The van der Waals surface area contributed by atoms with Crippen molar-refractivity contribution in [1.29, 1.82) is 0 Å². The highest BCUT2D eigenvalue weighted by molar-refractivity contribution is 6.31. The second-order valence-corrected chi connectivity index (χ2v) is 11.8. The van der Waals surface area contributed by atoms with E-state index in [1.807, 2.05) is 13.8 Å². The lowest BCUT2D eigenvalue weighted by Crippen LogP contribution is -2.46. The molecule has 0 spiro atoms. The first-order valence-electron chi connectivity index (χ1n) is 13.8. The van der Waals surface area contributed by atoms with Gasteiger partial charge in [0.25, 0.3) is 0 Å². The maximum atomic E-state index is 15.3. The van der Waals surface area contributed by atoms with Crippen molar-refractivity contribution in [3.63, 3.8) is 0 Å². The summed E-state index contributed by atoms with van der Waals surface area (Å²) in [5.41, 5.74) is 7.20. The molecular formula is C28H31ClFN7O4. The standard InChI is InChI=1S/C28H31ClFN7O4/c1-12(2)21(31)28(39)41-13(3)40-27(38)20-14-4-6-15(7-5-14)23(20)37-11-19(30)18-10-33-25(34-26(18)37)22-17-8-16(29)9-32-24(17)36-35-22/h8-15,20-21,23H,4-7,31H2,1-3H3,(H,32,35,36)/t13?,14?,15?,20-,21-,23-/m0/s1. The number of ether oxygens (including phenoxy) is 2. The molecule has 0 saturated heterocycles. The van der Waals surface area contributed by atoms with E-state index in [1.54, 1.807) is 10.6 Å². The number of carbonyl (C=O) groups excluding carboxylic acids is 2. The molecule has 41 heavy (non-hydrogen) atoms. The van der Waals surface area contributed by atoms with Crippen molar-refractivity contribution in [2.24, 2.45) is 29.4 Å². The van der Waals surface area contributed by atoms with Crippen molar-refractivity contribution in [3.05, 3.63) is 35.5 Å². The zero-order valence-electron chi connectivity index (χ0n) is 22.9. The number of aromatic amines is 1. The van der Waals surface area contributed by atoms with Crippen LogP contribution in [0.4, 0.5) is 4.39 Å². The second kappa shape index (κ2) is 10.6. The van der Waals surface area contributed by atoms with Crippen molar-refractivity contribution in [1.82, 2.24) is 29.7 Å². The minimum Gasteiger partial charge on any atom is -0.425 e. The number of nitrogens with two attached hydrogens (primary N) is 1. The van der Waals surface area contributed by atoms with E-state index in [4.69, 9.17) is 31.8 Å². The molecule has 0 amide bonds. The molecule has 4 atom stereocenters. The Balaban J connectivity index is 1.34. The predicted molar refractivity (Wildman–Crippen MR) is 148 cm³/mol. The van der Waals surface area contributed by atoms with Gasteiger partial charge < -0.3 is 19.8 Å². The summed E-state index contributed by atoms with van der Waals surface area (Å²) in [7, 11) is 0. The van der Waals surface area contributed by atoms with Crippen molar-refractivity contribution >= 4 is 45.6 Å². The summed E-state index contributed by atoms with van der Waals surface area (Å²) in [4.78, 5) is 39.3. The molecule has 2 bridgehead atoms. The van der Waals surface area contributed by atoms with Crippen LogP contribution in [0.3, 0.4) is 0 Å². The van der Waals surface area contributed by atoms with Crippen LogP contribution in [-0.4, -0.2) is 54.0 Å². The van der Waals surface area contributed by atoms with Crippen LogP contribution >= 0.6 is 11.6 Å². The van der Waals surface area contributed by atoms with E-state index in [9.17, 15) is 9.59 Å². The van der Waals surface area contributed by atoms with Crippen LogP contribution in [0, 0.1) is 29.5 Å². The van der Waals surface area contributed by atoms with Crippen LogP contribution in [-0.2, 0) is 19.1 Å². The number of pyridine rings is 1. The van der Waals surface area contributed by atoms with Gasteiger partial charge in [-0.15, -0.1) is 0 Å². The zero-order chi connectivity index (χ0) is 29.0. The molecule has 3 fully saturated rings. The molecule has 4 heterocycles. The van der Waals surface area contributed by atoms with Gasteiger partial charge in [-0.3, -0.25) is 14.7 Å². The van der Waals surface area contributed by atoms with Crippen LogP contribution in [0.2, 0.25) is 5.02 Å². The van der Waals surface area contributed by atoms with Gasteiger partial charge in [-0.1, -0.05) is 25.4 Å². The summed E-state index contributed by atoms with van der Waals surface area (Å²) in [5.74, 6) is -1.83. The summed E-state index contributed by atoms with van der Waals surface area (Å²) >= 11 is 6.16. The molecule has 3 N–H and O–H groups in total. The van der Waals surface area contributed by atoms with Gasteiger partial charge in [-0.2, -0.15) is 5.10 Å². The summed E-state index contributed by atoms with van der Waals surface area (Å²) in [6.07, 6.45) is 6.75. The topological polar surface area (TPSA) is 151 Å². The van der Waals surface area contributed by atoms with Gasteiger partial charge >= 0.3 is 11.9 Å². The smallest absolute Gasteiger partial charge is 0.326 e. The Morgan fingerprint density at radius 1 is 1.10 bits per heavy atom. The lowest BCUT2D eigenvalue weighted by molar-refractivity contribution is -0.194. The number of hydrogen-bond acceptors (Lipinski definition) is 9. The number of rotatable bonds is 7. The van der Waals surface area contributed by atoms with E-state index >= 15 is 4.39 Å². The molecule has 0 radical (unpaired) electrons. The first-order chi connectivity index (χ1) is 19.6. The van der Waals surface area contributed by atoms with Gasteiger partial charge in [0.1, 0.15) is 17.4 Å². The number of carbonyl (C=O) groups is 2. The highest BCUT2D eigenvalue weighted by Crippen LogP contribution is 2.52. The molecule has 11 nitrogen and oxygen atoms in total. The van der Waals surface area contributed by atoms with Gasteiger partial charge in [0, 0.05) is 25.5 Å². The van der Waals surface area contributed by atoms with Gasteiger partial charge in [-0.05, 0) is 49.5 Å². The van der Waals surface area contributed by atoms with Crippen LogP contribution < -0.4 is 5.73 Å². The van der Waals surface area contributed by atoms with Crippen LogP contribution in [0.15, 0.2) is 24.7 Å². The van der Waals surface area contributed by atoms with E-state index in [0.717, 1.165) is 25.7 Å². The normalized spacial score (nSPS) is 23.7. The van der Waals surface area contributed by atoms with E-state index in [1.165, 1.54) is 25.5 Å².